The Morgan fingerprint density at radius 3 is 1.83 bits per heavy atom. The van der Waals surface area contributed by atoms with Gasteiger partial charge in [0.05, 0.1) is 6.42 Å². The van der Waals surface area contributed by atoms with Gasteiger partial charge in [0.25, 0.3) is 0 Å². The monoisotopic (exact) mass is 990 g/mol. The van der Waals surface area contributed by atoms with Crippen LogP contribution in [0.2, 0.25) is 0 Å². The van der Waals surface area contributed by atoms with Crippen molar-refractivity contribution in [2.75, 3.05) is 0 Å². The highest BCUT2D eigenvalue weighted by Gasteiger charge is 2.40. The van der Waals surface area contributed by atoms with Crippen LogP contribution in [0.25, 0.3) is 10.9 Å². The number of aromatic nitrogens is 1. The molecule has 7 atom stereocenters. The van der Waals surface area contributed by atoms with Gasteiger partial charge in [-0.1, -0.05) is 106 Å². The van der Waals surface area contributed by atoms with Crippen molar-refractivity contribution in [3.63, 3.8) is 0 Å². The zero-order chi connectivity index (χ0) is 52.1. The number of H-pyrrole nitrogens is 1. The van der Waals surface area contributed by atoms with Crippen molar-refractivity contribution in [3.05, 3.63) is 107 Å². The van der Waals surface area contributed by atoms with Crippen LogP contribution >= 0.6 is 0 Å². The minimum atomic E-state index is -1.82. The number of hydrogen-bond donors (Lipinski definition) is 10. The molecular formula is C53H66N8O11. The van der Waals surface area contributed by atoms with E-state index in [1.807, 2.05) is 72.8 Å². The number of aryl methyl sites for hydroxylation is 2. The fourth-order valence-corrected chi connectivity index (χ4v) is 9.96. The lowest BCUT2D eigenvalue weighted by molar-refractivity contribution is -0.142. The Balaban J connectivity index is 1.23. The van der Waals surface area contributed by atoms with E-state index in [0.717, 1.165) is 39.6 Å². The summed E-state index contributed by atoms with van der Waals surface area (Å²) in [6, 6.07) is 13.8. The number of rotatable bonds is 23. The van der Waals surface area contributed by atoms with Crippen LogP contribution in [0.4, 0.5) is 0 Å². The summed E-state index contributed by atoms with van der Waals surface area (Å²) in [5.41, 5.74) is 10.4. The minimum absolute atomic E-state index is 0.0593. The van der Waals surface area contributed by atoms with Crippen LogP contribution in [-0.2, 0) is 62.4 Å². The molecule has 3 aromatic carbocycles. The Morgan fingerprint density at radius 2 is 1.24 bits per heavy atom. The van der Waals surface area contributed by atoms with E-state index >= 15 is 0 Å². The Morgan fingerprint density at radius 1 is 0.667 bits per heavy atom. The van der Waals surface area contributed by atoms with Crippen molar-refractivity contribution in [2.45, 2.75) is 140 Å². The Hall–Kier alpha value is -7.57. The maximum atomic E-state index is 14.6. The second kappa shape index (κ2) is 25.0. The van der Waals surface area contributed by atoms with E-state index in [1.165, 1.54) is 6.92 Å². The standard InChI is InChI=1S/C53H66N8O11/c1-4-29(2)45(50(68)59-41(53(71)72)26-34-28-55-38-21-13-12-18-35(34)38)60-51(69)46(33-16-6-5-7-17-33)61-49(67)40(27-43(64)65)58-48(66)39(24-25-42(54)63)57-52(70)47(56-30(3)62)44-36-19-10-8-14-31(36)22-23-32-15-9-11-20-37(32)44/h8-15,18-21,28-29,33,39-41,44-47,55H,4-7,16-17,22-27H2,1-3H3,(H2,54,63)(H,56,62)(H,57,70)(H,58,66)(H,59,68)(H,60,69)(H,61,67)(H,64,65)(H,71,72)/t29-,39-,40-,41-,45-,46-,47+/m0/s1. The number of carbonyl (C=O) groups excluding carboxylic acids is 7. The van der Waals surface area contributed by atoms with Gasteiger partial charge in [0.1, 0.15) is 36.3 Å². The summed E-state index contributed by atoms with van der Waals surface area (Å²) in [7, 11) is 0. The number of nitrogens with two attached hydrogens (primary N) is 1. The average Bonchev–Trinajstić information content (AvgIpc) is 3.69. The quantitative estimate of drug-likeness (QED) is 0.0515. The van der Waals surface area contributed by atoms with Crippen LogP contribution in [0.3, 0.4) is 0 Å². The second-order valence-corrected chi connectivity index (χ2v) is 19.0. The summed E-state index contributed by atoms with van der Waals surface area (Å²) >= 11 is 0. The number of para-hydroxylation sites is 1. The molecule has 0 radical (unpaired) electrons. The summed E-state index contributed by atoms with van der Waals surface area (Å²) in [6.07, 6.45) is 4.87. The van der Waals surface area contributed by atoms with Gasteiger partial charge >= 0.3 is 11.9 Å². The molecule has 2 aliphatic carbocycles. The fourth-order valence-electron chi connectivity index (χ4n) is 9.96. The number of primary amides is 1. The summed E-state index contributed by atoms with van der Waals surface area (Å²) in [5.74, 6) is -10.2. The topological polar surface area (TPSA) is 308 Å². The molecule has 19 nitrogen and oxygen atoms in total. The number of aromatic amines is 1. The molecular weight excluding hydrogens is 925 g/mol. The number of benzene rings is 3. The molecule has 2 aliphatic rings. The van der Waals surface area contributed by atoms with Gasteiger partial charge in [0.15, 0.2) is 0 Å². The first kappa shape index (κ1) is 53.8. The lowest BCUT2D eigenvalue weighted by Gasteiger charge is -2.33. The van der Waals surface area contributed by atoms with E-state index in [2.05, 4.69) is 36.9 Å². The molecule has 6 rings (SSSR count). The van der Waals surface area contributed by atoms with Gasteiger partial charge in [-0.3, -0.25) is 38.4 Å². The maximum absolute atomic E-state index is 14.6. The number of carboxylic acid groups (broad SMARTS) is 2. The zero-order valence-corrected chi connectivity index (χ0v) is 40.8. The maximum Gasteiger partial charge on any atom is 0.326 e. The number of hydrogen-bond acceptors (Lipinski definition) is 9. The van der Waals surface area contributed by atoms with E-state index in [0.29, 0.717) is 50.5 Å². The first-order valence-corrected chi connectivity index (χ1v) is 24.7. The molecule has 7 amide bonds. The molecule has 1 saturated carbocycles. The van der Waals surface area contributed by atoms with E-state index in [4.69, 9.17) is 5.73 Å². The predicted octanol–water partition coefficient (Wildman–Crippen LogP) is 3.02. The highest BCUT2D eigenvalue weighted by molar-refractivity contribution is 5.98. The van der Waals surface area contributed by atoms with E-state index in [-0.39, 0.29) is 12.8 Å². The minimum Gasteiger partial charge on any atom is -0.481 e. The van der Waals surface area contributed by atoms with Gasteiger partial charge in [0, 0.05) is 42.8 Å². The van der Waals surface area contributed by atoms with E-state index in [9.17, 15) is 53.4 Å². The Bertz CT molecular complexity index is 2600. The van der Waals surface area contributed by atoms with Gasteiger partial charge in [-0.25, -0.2) is 4.79 Å². The van der Waals surface area contributed by atoms with Crippen LogP contribution in [0.1, 0.15) is 112 Å². The van der Waals surface area contributed by atoms with Crippen molar-refractivity contribution in [3.8, 4) is 0 Å². The molecule has 4 aromatic rings. The van der Waals surface area contributed by atoms with E-state index < -0.39 is 120 Å². The van der Waals surface area contributed by atoms with Crippen molar-refractivity contribution >= 4 is 64.2 Å². The Labute approximate surface area is 417 Å². The third kappa shape index (κ3) is 13.8. The summed E-state index contributed by atoms with van der Waals surface area (Å²) in [6.45, 7) is 4.77. The van der Waals surface area contributed by atoms with Gasteiger partial charge < -0.3 is 52.8 Å². The van der Waals surface area contributed by atoms with Crippen molar-refractivity contribution in [1.29, 1.82) is 0 Å². The number of nitrogens with one attached hydrogen (secondary N) is 7. The number of amides is 7. The molecule has 19 heteroatoms. The molecule has 0 unspecified atom stereocenters. The summed E-state index contributed by atoms with van der Waals surface area (Å²) in [4.78, 5) is 125. The molecule has 72 heavy (non-hydrogen) atoms. The lowest BCUT2D eigenvalue weighted by atomic mass is 9.82. The number of carboxylic acids is 2. The van der Waals surface area contributed by atoms with Crippen LogP contribution in [-0.4, -0.2) is 105 Å². The van der Waals surface area contributed by atoms with Gasteiger partial charge in [-0.2, -0.15) is 0 Å². The molecule has 1 fully saturated rings. The molecule has 384 valence electrons. The Kier molecular flexibility index (Phi) is 18.7. The first-order valence-electron chi connectivity index (χ1n) is 24.7. The predicted molar refractivity (Wildman–Crippen MR) is 266 cm³/mol. The third-order valence-electron chi connectivity index (χ3n) is 14.0. The zero-order valence-electron chi connectivity index (χ0n) is 40.8. The van der Waals surface area contributed by atoms with Gasteiger partial charge in [-0.05, 0) is 77.8 Å². The molecule has 11 N–H and O–H groups in total. The second-order valence-electron chi connectivity index (χ2n) is 19.0. The van der Waals surface area contributed by atoms with E-state index in [1.54, 1.807) is 20.0 Å². The molecule has 0 bridgehead atoms. The number of carbonyl (C=O) groups is 9. The first-order chi connectivity index (χ1) is 34.4. The molecule has 0 saturated heterocycles. The molecule has 1 aromatic heterocycles. The highest BCUT2D eigenvalue weighted by Crippen LogP contribution is 2.37. The lowest BCUT2D eigenvalue weighted by Crippen LogP contribution is -2.62. The van der Waals surface area contributed by atoms with Crippen LogP contribution in [0, 0.1) is 11.8 Å². The number of fused-ring (bicyclic) bond motifs is 3. The molecule has 0 spiro atoms. The molecule has 0 aliphatic heterocycles. The fraction of sp³-hybridized carbons (Fsp3) is 0.453. The van der Waals surface area contributed by atoms with Crippen LogP contribution in [0.5, 0.6) is 0 Å². The van der Waals surface area contributed by atoms with Crippen LogP contribution in [0.15, 0.2) is 79.0 Å². The largest absolute Gasteiger partial charge is 0.481 e. The SMILES string of the molecule is CC[C@H](C)[C@H](NC(=O)[C@@H](NC(=O)[C@H](CC(=O)O)NC(=O)[C@H](CCC(N)=O)NC(=O)[C@H](NC(C)=O)C1c2ccccc2CCc2ccccc21)C1CCCCC1)C(=O)N[C@@H](Cc1c[nH]c2ccccc12)C(=O)O. The smallest absolute Gasteiger partial charge is 0.326 e. The van der Waals surface area contributed by atoms with Gasteiger partial charge in [-0.15, -0.1) is 0 Å². The summed E-state index contributed by atoms with van der Waals surface area (Å²) < 4.78 is 0. The van der Waals surface area contributed by atoms with Gasteiger partial charge in [0.2, 0.25) is 41.4 Å². The normalized spacial score (nSPS) is 16.6. The third-order valence-corrected chi connectivity index (χ3v) is 14.0. The van der Waals surface area contributed by atoms with Crippen molar-refractivity contribution in [1.82, 2.24) is 36.9 Å². The highest BCUT2D eigenvalue weighted by atomic mass is 16.4. The van der Waals surface area contributed by atoms with Crippen molar-refractivity contribution in [2.24, 2.45) is 17.6 Å². The van der Waals surface area contributed by atoms with Crippen molar-refractivity contribution < 1.29 is 53.4 Å². The molecule has 1 heterocycles. The van der Waals surface area contributed by atoms with Crippen LogP contribution < -0.4 is 37.6 Å². The summed E-state index contributed by atoms with van der Waals surface area (Å²) in [5, 5.41) is 36.9. The number of aliphatic carboxylic acids is 2. The average molecular weight is 991 g/mol.